The third-order valence-electron chi connectivity index (χ3n) is 3.34. The van der Waals surface area contributed by atoms with Crippen LogP contribution >= 0.6 is 0 Å². The Morgan fingerprint density at radius 1 is 1.40 bits per heavy atom. The minimum atomic E-state index is -1.19. The molecule has 114 valence electrons. The molecule has 1 saturated heterocycles. The summed E-state index contributed by atoms with van der Waals surface area (Å²) in [5.41, 5.74) is 0. The summed E-state index contributed by atoms with van der Waals surface area (Å²) < 4.78 is 0. The molecular formula is C12H21N3O5. The Kier molecular flexibility index (Phi) is 6.23. The van der Waals surface area contributed by atoms with Gasteiger partial charge in [-0.3, -0.25) is 4.79 Å². The zero-order valence-electron chi connectivity index (χ0n) is 11.5. The number of amides is 3. The first kappa shape index (κ1) is 16.2. The highest BCUT2D eigenvalue weighted by atomic mass is 16.4. The standard InChI is InChI=1S/C12H21N3O5/c1-13-10(17)8-3-2-5-15(7-8)12(20)14-9(4-6-16)11(18)19/h8-9,16H,2-7H2,1H3,(H,13,17)(H,14,20)(H,18,19). The molecule has 0 radical (unpaired) electrons. The maximum absolute atomic E-state index is 12.0. The van der Waals surface area contributed by atoms with E-state index in [9.17, 15) is 14.4 Å². The van der Waals surface area contributed by atoms with Crippen LogP contribution in [0.5, 0.6) is 0 Å². The number of aliphatic hydroxyl groups excluding tert-OH is 1. The molecule has 0 aromatic heterocycles. The van der Waals surface area contributed by atoms with Crippen LogP contribution < -0.4 is 10.6 Å². The number of carboxylic acid groups (broad SMARTS) is 1. The van der Waals surface area contributed by atoms with Gasteiger partial charge in [-0.05, 0) is 12.8 Å². The fourth-order valence-electron chi connectivity index (χ4n) is 2.21. The molecule has 1 aliphatic heterocycles. The van der Waals surface area contributed by atoms with Crippen molar-refractivity contribution in [1.29, 1.82) is 0 Å². The lowest BCUT2D eigenvalue weighted by atomic mass is 9.97. The van der Waals surface area contributed by atoms with Crippen LogP contribution in [0.2, 0.25) is 0 Å². The number of carboxylic acids is 1. The predicted octanol–water partition coefficient (Wildman–Crippen LogP) is -1.01. The molecule has 0 saturated carbocycles. The highest BCUT2D eigenvalue weighted by Crippen LogP contribution is 2.16. The molecule has 2 atom stereocenters. The molecule has 0 spiro atoms. The smallest absolute Gasteiger partial charge is 0.326 e. The van der Waals surface area contributed by atoms with E-state index in [2.05, 4.69) is 10.6 Å². The van der Waals surface area contributed by atoms with E-state index >= 15 is 0 Å². The second-order valence-electron chi connectivity index (χ2n) is 4.75. The summed E-state index contributed by atoms with van der Waals surface area (Å²) >= 11 is 0. The molecule has 0 aromatic carbocycles. The highest BCUT2D eigenvalue weighted by Gasteiger charge is 2.29. The van der Waals surface area contributed by atoms with Gasteiger partial charge in [0.1, 0.15) is 6.04 Å². The summed E-state index contributed by atoms with van der Waals surface area (Å²) in [7, 11) is 1.54. The number of hydrogen-bond acceptors (Lipinski definition) is 4. The number of likely N-dealkylation sites (tertiary alicyclic amines) is 1. The van der Waals surface area contributed by atoms with Crippen molar-refractivity contribution in [1.82, 2.24) is 15.5 Å². The highest BCUT2D eigenvalue weighted by molar-refractivity contribution is 5.84. The molecule has 1 fully saturated rings. The minimum Gasteiger partial charge on any atom is -0.480 e. The lowest BCUT2D eigenvalue weighted by molar-refractivity contribution is -0.139. The number of piperidine rings is 1. The molecule has 1 aliphatic rings. The second kappa shape index (κ2) is 7.68. The van der Waals surface area contributed by atoms with Gasteiger partial charge in [-0.1, -0.05) is 0 Å². The summed E-state index contributed by atoms with van der Waals surface area (Å²) in [6.45, 7) is 0.444. The zero-order chi connectivity index (χ0) is 15.1. The van der Waals surface area contributed by atoms with Gasteiger partial charge in [0, 0.05) is 33.2 Å². The van der Waals surface area contributed by atoms with Crippen molar-refractivity contribution in [3.05, 3.63) is 0 Å². The summed E-state index contributed by atoms with van der Waals surface area (Å²) in [4.78, 5) is 35.9. The molecule has 8 heteroatoms. The molecule has 0 aliphatic carbocycles. The second-order valence-corrected chi connectivity index (χ2v) is 4.75. The van der Waals surface area contributed by atoms with Gasteiger partial charge in [0.2, 0.25) is 5.91 Å². The largest absolute Gasteiger partial charge is 0.480 e. The van der Waals surface area contributed by atoms with Crippen LogP contribution in [0, 0.1) is 5.92 Å². The summed E-state index contributed by atoms with van der Waals surface area (Å²) in [5, 5.41) is 22.6. The Hall–Kier alpha value is -1.83. The molecule has 1 heterocycles. The van der Waals surface area contributed by atoms with Crippen LogP contribution in [0.15, 0.2) is 0 Å². The third kappa shape index (κ3) is 4.37. The Morgan fingerprint density at radius 3 is 2.65 bits per heavy atom. The van der Waals surface area contributed by atoms with Crippen molar-refractivity contribution >= 4 is 17.9 Å². The van der Waals surface area contributed by atoms with E-state index in [1.165, 1.54) is 4.90 Å². The van der Waals surface area contributed by atoms with Gasteiger partial charge in [0.05, 0.1) is 5.92 Å². The number of nitrogens with zero attached hydrogens (tertiary/aromatic N) is 1. The average Bonchev–Trinajstić information content (AvgIpc) is 2.45. The number of nitrogens with one attached hydrogen (secondary N) is 2. The molecule has 20 heavy (non-hydrogen) atoms. The van der Waals surface area contributed by atoms with Crippen molar-refractivity contribution in [2.45, 2.75) is 25.3 Å². The van der Waals surface area contributed by atoms with Gasteiger partial charge >= 0.3 is 12.0 Å². The van der Waals surface area contributed by atoms with E-state index in [4.69, 9.17) is 10.2 Å². The molecular weight excluding hydrogens is 266 g/mol. The SMILES string of the molecule is CNC(=O)C1CCCN(C(=O)NC(CCO)C(=O)O)C1. The topological polar surface area (TPSA) is 119 Å². The van der Waals surface area contributed by atoms with Gasteiger partial charge in [-0.2, -0.15) is 0 Å². The lowest BCUT2D eigenvalue weighted by Gasteiger charge is -2.32. The molecule has 8 nitrogen and oxygen atoms in total. The first-order valence-electron chi connectivity index (χ1n) is 6.60. The summed E-state index contributed by atoms with van der Waals surface area (Å²) in [6, 6.07) is -1.63. The lowest BCUT2D eigenvalue weighted by Crippen LogP contribution is -2.52. The minimum absolute atomic E-state index is 0.0478. The Morgan fingerprint density at radius 2 is 2.10 bits per heavy atom. The number of carbonyl (C=O) groups is 3. The van der Waals surface area contributed by atoms with Crippen molar-refractivity contribution < 1.29 is 24.6 Å². The quantitative estimate of drug-likeness (QED) is 0.516. The number of rotatable bonds is 5. The number of hydrogen-bond donors (Lipinski definition) is 4. The molecule has 0 bridgehead atoms. The van der Waals surface area contributed by atoms with Crippen molar-refractivity contribution in [3.63, 3.8) is 0 Å². The van der Waals surface area contributed by atoms with Crippen LogP contribution in [0.25, 0.3) is 0 Å². The van der Waals surface area contributed by atoms with Crippen LogP contribution in [0.1, 0.15) is 19.3 Å². The van der Waals surface area contributed by atoms with Crippen molar-refractivity contribution in [2.24, 2.45) is 5.92 Å². The van der Waals surface area contributed by atoms with Gasteiger partial charge in [0.25, 0.3) is 0 Å². The normalized spacial score (nSPS) is 20.1. The van der Waals surface area contributed by atoms with E-state index in [-0.39, 0.29) is 31.4 Å². The van der Waals surface area contributed by atoms with Crippen LogP contribution in [0.3, 0.4) is 0 Å². The molecule has 3 amide bonds. The van der Waals surface area contributed by atoms with E-state index in [0.29, 0.717) is 19.4 Å². The molecule has 0 aromatic rings. The van der Waals surface area contributed by atoms with E-state index < -0.39 is 18.0 Å². The maximum Gasteiger partial charge on any atom is 0.326 e. The first-order chi connectivity index (χ1) is 9.49. The van der Waals surface area contributed by atoms with Crippen molar-refractivity contribution in [2.75, 3.05) is 26.7 Å². The molecule has 1 rings (SSSR count). The molecule has 2 unspecified atom stereocenters. The third-order valence-corrected chi connectivity index (χ3v) is 3.34. The van der Waals surface area contributed by atoms with Gasteiger partial charge in [-0.25, -0.2) is 9.59 Å². The Labute approximate surface area is 117 Å². The van der Waals surface area contributed by atoms with Gasteiger partial charge < -0.3 is 25.7 Å². The van der Waals surface area contributed by atoms with E-state index in [0.717, 1.165) is 0 Å². The van der Waals surface area contributed by atoms with Crippen LogP contribution in [-0.2, 0) is 9.59 Å². The number of aliphatic carboxylic acids is 1. The Balaban J connectivity index is 2.57. The number of urea groups is 1. The number of aliphatic hydroxyl groups is 1. The summed E-state index contributed by atoms with van der Waals surface area (Å²) in [6.07, 6.45) is 1.36. The van der Waals surface area contributed by atoms with Gasteiger partial charge in [0.15, 0.2) is 0 Å². The van der Waals surface area contributed by atoms with Crippen LogP contribution in [0.4, 0.5) is 4.79 Å². The predicted molar refractivity (Wildman–Crippen MR) is 70.0 cm³/mol. The summed E-state index contributed by atoms with van der Waals surface area (Å²) in [5.74, 6) is -1.57. The zero-order valence-corrected chi connectivity index (χ0v) is 11.5. The van der Waals surface area contributed by atoms with Crippen molar-refractivity contribution in [3.8, 4) is 0 Å². The molecule has 4 N–H and O–H groups in total. The van der Waals surface area contributed by atoms with E-state index in [1.807, 2.05) is 0 Å². The Bertz CT molecular complexity index is 374. The monoisotopic (exact) mass is 287 g/mol. The fraction of sp³-hybridized carbons (Fsp3) is 0.750. The number of carbonyl (C=O) groups excluding carboxylic acids is 2. The van der Waals surface area contributed by atoms with E-state index in [1.54, 1.807) is 7.05 Å². The van der Waals surface area contributed by atoms with Gasteiger partial charge in [-0.15, -0.1) is 0 Å². The first-order valence-corrected chi connectivity index (χ1v) is 6.60. The average molecular weight is 287 g/mol. The maximum atomic E-state index is 12.0. The van der Waals surface area contributed by atoms with Crippen LogP contribution in [-0.4, -0.2) is 65.8 Å². The fourth-order valence-corrected chi connectivity index (χ4v) is 2.21.